The van der Waals surface area contributed by atoms with Crippen LogP contribution in [0.25, 0.3) is 5.57 Å². The van der Waals surface area contributed by atoms with Crippen LogP contribution in [-0.2, 0) is 0 Å². The van der Waals surface area contributed by atoms with Gasteiger partial charge >= 0.3 is 6.09 Å². The predicted octanol–water partition coefficient (Wildman–Crippen LogP) is 2.74. The van der Waals surface area contributed by atoms with Crippen LogP contribution in [0, 0.1) is 6.92 Å². The van der Waals surface area contributed by atoms with Crippen molar-refractivity contribution in [2.45, 2.75) is 31.8 Å². The molecule has 0 radical (unpaired) electrons. The third kappa shape index (κ3) is 3.39. The smallest absolute Gasteiger partial charge is 0.404 e. The lowest BCUT2D eigenvalue weighted by Gasteiger charge is -2.36. The van der Waals surface area contributed by atoms with E-state index >= 15 is 0 Å². The van der Waals surface area contributed by atoms with Crippen LogP contribution in [0.1, 0.15) is 24.0 Å². The summed E-state index contributed by atoms with van der Waals surface area (Å²) < 4.78 is 0. The first kappa shape index (κ1) is 14.6. The predicted molar refractivity (Wildman–Crippen MR) is 80.8 cm³/mol. The van der Waals surface area contributed by atoms with Crippen LogP contribution in [0.4, 0.5) is 4.79 Å². The fraction of sp³-hybridized carbons (Fsp3) is 0.438. The summed E-state index contributed by atoms with van der Waals surface area (Å²) in [5.41, 5.74) is 3.79. The quantitative estimate of drug-likeness (QED) is 0.891. The number of amides is 1. The normalized spacial score (nSPS) is 22.5. The average molecular weight is 274 g/mol. The number of likely N-dealkylation sites (N-methyl/N-ethyl adjacent to an activating group) is 1. The van der Waals surface area contributed by atoms with Crippen molar-refractivity contribution in [1.82, 2.24) is 10.2 Å². The maximum absolute atomic E-state index is 10.9. The van der Waals surface area contributed by atoms with E-state index in [9.17, 15) is 4.79 Å². The summed E-state index contributed by atoms with van der Waals surface area (Å²) in [6, 6.07) is 8.60. The summed E-state index contributed by atoms with van der Waals surface area (Å²) in [7, 11) is 4.00. The summed E-state index contributed by atoms with van der Waals surface area (Å²) in [6.45, 7) is 2.09. The summed E-state index contributed by atoms with van der Waals surface area (Å²) in [4.78, 5) is 13.0. The van der Waals surface area contributed by atoms with Crippen molar-refractivity contribution in [1.29, 1.82) is 0 Å². The zero-order valence-electron chi connectivity index (χ0n) is 12.3. The van der Waals surface area contributed by atoms with E-state index in [1.807, 2.05) is 14.1 Å². The third-order valence-electron chi connectivity index (χ3n) is 3.87. The van der Waals surface area contributed by atoms with Gasteiger partial charge in [-0.3, -0.25) is 0 Å². The van der Waals surface area contributed by atoms with E-state index in [4.69, 9.17) is 5.11 Å². The van der Waals surface area contributed by atoms with Crippen molar-refractivity contribution in [3.63, 3.8) is 0 Å². The third-order valence-corrected chi connectivity index (χ3v) is 3.87. The van der Waals surface area contributed by atoms with Crippen molar-refractivity contribution < 1.29 is 9.90 Å². The largest absolute Gasteiger partial charge is 0.465 e. The van der Waals surface area contributed by atoms with Gasteiger partial charge in [-0.1, -0.05) is 35.9 Å². The van der Waals surface area contributed by atoms with Crippen molar-refractivity contribution in [3.8, 4) is 0 Å². The fourth-order valence-electron chi connectivity index (χ4n) is 2.81. The topological polar surface area (TPSA) is 52.6 Å². The summed E-state index contributed by atoms with van der Waals surface area (Å²) in [6.07, 6.45) is 2.81. The van der Waals surface area contributed by atoms with E-state index in [2.05, 4.69) is 47.5 Å². The second kappa shape index (κ2) is 6.09. The first-order valence-corrected chi connectivity index (χ1v) is 6.89. The highest BCUT2D eigenvalue weighted by Gasteiger charge is 2.29. The molecular formula is C16H22N2O2. The number of nitrogens with zero attached hydrogens (tertiary/aromatic N) is 1. The van der Waals surface area contributed by atoms with Gasteiger partial charge < -0.3 is 15.3 Å². The first-order valence-electron chi connectivity index (χ1n) is 6.89. The van der Waals surface area contributed by atoms with Gasteiger partial charge in [0.1, 0.15) is 0 Å². The van der Waals surface area contributed by atoms with E-state index in [-0.39, 0.29) is 12.1 Å². The molecule has 0 unspecified atom stereocenters. The maximum atomic E-state index is 10.9. The van der Waals surface area contributed by atoms with Crippen molar-refractivity contribution in [2.24, 2.45) is 0 Å². The lowest BCUT2D eigenvalue weighted by Crippen LogP contribution is -2.50. The van der Waals surface area contributed by atoms with Crippen LogP contribution < -0.4 is 5.32 Å². The first-order chi connectivity index (χ1) is 9.47. The van der Waals surface area contributed by atoms with Crippen LogP contribution in [0.3, 0.4) is 0 Å². The Morgan fingerprint density at radius 2 is 2.15 bits per heavy atom. The van der Waals surface area contributed by atoms with Crippen molar-refractivity contribution >= 4 is 11.7 Å². The molecule has 4 nitrogen and oxygen atoms in total. The van der Waals surface area contributed by atoms with Gasteiger partial charge in [0.15, 0.2) is 0 Å². The number of hydrogen-bond acceptors (Lipinski definition) is 2. The number of aryl methyl sites for hydroxylation is 1. The molecule has 0 aliphatic heterocycles. The Labute approximate surface area is 120 Å². The second-order valence-electron chi connectivity index (χ2n) is 5.63. The highest BCUT2D eigenvalue weighted by Crippen LogP contribution is 2.29. The lowest BCUT2D eigenvalue weighted by molar-refractivity contribution is 0.172. The molecular weight excluding hydrogens is 252 g/mol. The van der Waals surface area contributed by atoms with E-state index < -0.39 is 6.09 Å². The van der Waals surface area contributed by atoms with Gasteiger partial charge in [0.05, 0.1) is 6.04 Å². The minimum atomic E-state index is -0.950. The lowest BCUT2D eigenvalue weighted by atomic mass is 9.86. The monoisotopic (exact) mass is 274 g/mol. The molecule has 0 aromatic heterocycles. The summed E-state index contributed by atoms with van der Waals surface area (Å²) in [5.74, 6) is 0. The number of rotatable bonds is 3. The van der Waals surface area contributed by atoms with Gasteiger partial charge in [-0.2, -0.15) is 0 Å². The molecule has 1 amide bonds. The molecule has 0 spiro atoms. The molecule has 108 valence electrons. The highest BCUT2D eigenvalue weighted by atomic mass is 16.4. The van der Waals surface area contributed by atoms with Crippen LogP contribution in [0.5, 0.6) is 0 Å². The van der Waals surface area contributed by atoms with Gasteiger partial charge in [-0.05, 0) is 45.0 Å². The van der Waals surface area contributed by atoms with E-state index in [1.165, 1.54) is 16.7 Å². The molecule has 20 heavy (non-hydrogen) atoms. The molecule has 1 aromatic rings. The molecule has 0 fully saturated rings. The number of nitrogens with one attached hydrogen (secondary N) is 1. The SMILES string of the molecule is Cc1cccc(C2=CC[C@H](NC(=O)O)[C@H](N(C)C)C2)c1. The molecule has 2 N–H and O–H groups in total. The van der Waals surface area contributed by atoms with E-state index in [0.717, 1.165) is 12.8 Å². The molecule has 1 aliphatic carbocycles. The maximum Gasteiger partial charge on any atom is 0.404 e. The second-order valence-corrected chi connectivity index (χ2v) is 5.63. The molecule has 0 bridgehead atoms. The van der Waals surface area contributed by atoms with E-state index in [0.29, 0.717) is 0 Å². The minimum Gasteiger partial charge on any atom is -0.465 e. The minimum absolute atomic E-state index is 0.0453. The van der Waals surface area contributed by atoms with Gasteiger partial charge in [0.2, 0.25) is 0 Å². The van der Waals surface area contributed by atoms with Gasteiger partial charge in [0, 0.05) is 6.04 Å². The number of hydrogen-bond donors (Lipinski definition) is 2. The van der Waals surface area contributed by atoms with Gasteiger partial charge in [-0.15, -0.1) is 0 Å². The molecule has 0 heterocycles. The Bertz CT molecular complexity index is 523. The van der Waals surface area contributed by atoms with E-state index in [1.54, 1.807) is 0 Å². The van der Waals surface area contributed by atoms with Crippen LogP contribution in [0.2, 0.25) is 0 Å². The Balaban J connectivity index is 2.22. The Morgan fingerprint density at radius 1 is 1.40 bits per heavy atom. The molecule has 2 rings (SSSR count). The summed E-state index contributed by atoms with van der Waals surface area (Å²) in [5, 5.41) is 11.6. The summed E-state index contributed by atoms with van der Waals surface area (Å²) >= 11 is 0. The Hall–Kier alpha value is -1.81. The fourth-order valence-corrected chi connectivity index (χ4v) is 2.81. The molecule has 1 aromatic carbocycles. The number of carboxylic acid groups (broad SMARTS) is 1. The zero-order valence-corrected chi connectivity index (χ0v) is 12.3. The number of benzene rings is 1. The van der Waals surface area contributed by atoms with Crippen LogP contribution in [0.15, 0.2) is 30.3 Å². The van der Waals surface area contributed by atoms with Crippen LogP contribution >= 0.6 is 0 Å². The zero-order chi connectivity index (χ0) is 14.7. The standard InChI is InChI=1S/C16H22N2O2/c1-11-5-4-6-12(9-11)13-7-8-14(17-16(19)20)15(10-13)18(2)3/h4-7,9,14-15,17H,8,10H2,1-3H3,(H,19,20)/t14-,15+/m0/s1. The molecule has 2 atom stereocenters. The van der Waals surface area contributed by atoms with Gasteiger partial charge in [0.25, 0.3) is 0 Å². The molecule has 4 heteroatoms. The number of carbonyl (C=O) groups is 1. The van der Waals surface area contributed by atoms with Gasteiger partial charge in [-0.25, -0.2) is 4.79 Å². The van der Waals surface area contributed by atoms with Crippen molar-refractivity contribution in [2.75, 3.05) is 14.1 Å². The Kier molecular flexibility index (Phi) is 4.45. The average Bonchev–Trinajstić information content (AvgIpc) is 2.38. The highest BCUT2D eigenvalue weighted by molar-refractivity contribution is 5.69. The molecule has 0 saturated carbocycles. The van der Waals surface area contributed by atoms with Crippen molar-refractivity contribution in [3.05, 3.63) is 41.5 Å². The Morgan fingerprint density at radius 3 is 2.75 bits per heavy atom. The molecule has 1 aliphatic rings. The van der Waals surface area contributed by atoms with Crippen LogP contribution in [-0.4, -0.2) is 42.3 Å². The molecule has 0 saturated heterocycles.